The molecule has 0 unspecified atom stereocenters. The summed E-state index contributed by atoms with van der Waals surface area (Å²) in [4.78, 5) is 12.9. The van der Waals surface area contributed by atoms with Gasteiger partial charge in [0.15, 0.2) is 0 Å². The number of carbonyl (C=O) groups is 1. The van der Waals surface area contributed by atoms with Crippen LogP contribution < -0.4 is 14.2 Å². The molecule has 142 valence electrons. The standard InChI is InChI=1S/C12H18F3N5O4S/c1-19-5-3-4-8(19)6-16-25(22,23)18-9-7-20(2)17-10(9)24-11(21)12(13,14)15/h7-8,16,18H,3-6H2,1-2H3/t8-/m1/s1. The zero-order valence-corrected chi connectivity index (χ0v) is 14.3. The van der Waals surface area contributed by atoms with E-state index in [2.05, 4.69) is 14.6 Å². The smallest absolute Gasteiger partial charge is 0.397 e. The number of aryl methyl sites for hydroxylation is 1. The highest BCUT2D eigenvalue weighted by Crippen LogP contribution is 2.26. The van der Waals surface area contributed by atoms with Crippen LogP contribution in [0.25, 0.3) is 0 Å². The van der Waals surface area contributed by atoms with E-state index in [-0.39, 0.29) is 18.3 Å². The quantitative estimate of drug-likeness (QED) is 0.679. The highest BCUT2D eigenvalue weighted by molar-refractivity contribution is 7.90. The van der Waals surface area contributed by atoms with Crippen LogP contribution in [-0.2, 0) is 22.1 Å². The number of aromatic nitrogens is 2. The molecule has 25 heavy (non-hydrogen) atoms. The molecule has 2 rings (SSSR count). The second-order valence-corrected chi connectivity index (χ2v) is 7.14. The van der Waals surface area contributed by atoms with E-state index in [0.29, 0.717) is 0 Å². The maximum absolute atomic E-state index is 12.3. The Bertz CT molecular complexity index is 734. The summed E-state index contributed by atoms with van der Waals surface area (Å²) in [7, 11) is -0.871. The molecule has 0 radical (unpaired) electrons. The van der Waals surface area contributed by atoms with Crippen molar-refractivity contribution in [3.63, 3.8) is 0 Å². The van der Waals surface area contributed by atoms with Gasteiger partial charge in [-0.05, 0) is 26.4 Å². The van der Waals surface area contributed by atoms with Crippen molar-refractivity contribution in [1.29, 1.82) is 0 Å². The molecule has 0 amide bonds. The van der Waals surface area contributed by atoms with E-state index < -0.39 is 28.2 Å². The van der Waals surface area contributed by atoms with Gasteiger partial charge in [0.25, 0.3) is 16.1 Å². The van der Waals surface area contributed by atoms with Crippen LogP contribution in [-0.4, -0.2) is 61.4 Å². The number of nitrogens with zero attached hydrogens (tertiary/aromatic N) is 3. The van der Waals surface area contributed by atoms with Crippen LogP contribution in [0.5, 0.6) is 5.88 Å². The third-order valence-corrected chi connectivity index (χ3v) is 4.68. The summed E-state index contributed by atoms with van der Waals surface area (Å²) in [6.07, 6.45) is -2.35. The fraction of sp³-hybridized carbons (Fsp3) is 0.667. The Kier molecular flexibility index (Phi) is 5.58. The number of anilines is 1. The molecule has 0 aromatic carbocycles. The first-order chi connectivity index (χ1) is 11.5. The lowest BCUT2D eigenvalue weighted by Gasteiger charge is -2.19. The topological polar surface area (TPSA) is 106 Å². The molecule has 2 heterocycles. The van der Waals surface area contributed by atoms with Gasteiger partial charge in [-0.2, -0.15) is 26.3 Å². The number of ether oxygens (including phenoxy) is 1. The number of hydrogen-bond donors (Lipinski definition) is 2. The van der Waals surface area contributed by atoms with E-state index in [1.165, 1.54) is 7.05 Å². The monoisotopic (exact) mass is 385 g/mol. The molecule has 9 nitrogen and oxygen atoms in total. The largest absolute Gasteiger partial charge is 0.491 e. The molecule has 13 heteroatoms. The third kappa shape index (κ3) is 5.31. The zero-order chi connectivity index (χ0) is 18.8. The normalized spacial score (nSPS) is 19.2. The van der Waals surface area contributed by atoms with Crippen molar-refractivity contribution < 1.29 is 31.1 Å². The van der Waals surface area contributed by atoms with Crippen molar-refractivity contribution in [2.75, 3.05) is 24.9 Å². The van der Waals surface area contributed by atoms with Crippen molar-refractivity contribution in [2.45, 2.75) is 25.1 Å². The lowest BCUT2D eigenvalue weighted by atomic mass is 10.2. The number of halogens is 3. The number of likely N-dealkylation sites (N-methyl/N-ethyl adjacent to an activating group) is 1. The van der Waals surface area contributed by atoms with Gasteiger partial charge in [0, 0.05) is 19.6 Å². The Balaban J connectivity index is 2.04. The molecule has 0 spiro atoms. The summed E-state index contributed by atoms with van der Waals surface area (Å²) in [6.45, 7) is 1.00. The van der Waals surface area contributed by atoms with E-state index in [0.717, 1.165) is 30.3 Å². The van der Waals surface area contributed by atoms with Gasteiger partial charge in [-0.3, -0.25) is 9.40 Å². The summed E-state index contributed by atoms with van der Waals surface area (Å²) in [5.41, 5.74) is -0.382. The van der Waals surface area contributed by atoms with Gasteiger partial charge in [0.2, 0.25) is 0 Å². The fourth-order valence-electron chi connectivity index (χ4n) is 2.38. The van der Waals surface area contributed by atoms with Gasteiger partial charge in [-0.25, -0.2) is 4.79 Å². The molecule has 1 atom stereocenters. The zero-order valence-electron chi connectivity index (χ0n) is 13.5. The van der Waals surface area contributed by atoms with Crippen molar-refractivity contribution in [2.24, 2.45) is 7.05 Å². The van der Waals surface area contributed by atoms with Gasteiger partial charge in [-0.1, -0.05) is 0 Å². The number of likely N-dealkylation sites (tertiary alicyclic amines) is 1. The Hall–Kier alpha value is -1.86. The summed E-state index contributed by atoms with van der Waals surface area (Å²) in [5, 5.41) is 3.51. The van der Waals surface area contributed by atoms with Gasteiger partial charge in [0.05, 0.1) is 6.20 Å². The van der Waals surface area contributed by atoms with Crippen molar-refractivity contribution in [3.05, 3.63) is 6.20 Å². The van der Waals surface area contributed by atoms with E-state index >= 15 is 0 Å². The minimum atomic E-state index is -5.22. The maximum atomic E-state index is 12.3. The minimum Gasteiger partial charge on any atom is -0.397 e. The molecule has 0 bridgehead atoms. The number of carbonyl (C=O) groups excluding carboxylic acids is 1. The van der Waals surface area contributed by atoms with Crippen LogP contribution in [0.2, 0.25) is 0 Å². The lowest BCUT2D eigenvalue weighted by molar-refractivity contribution is -0.189. The molecule has 2 N–H and O–H groups in total. The fourth-order valence-corrected chi connectivity index (χ4v) is 3.30. The van der Waals surface area contributed by atoms with Gasteiger partial charge in [0.1, 0.15) is 5.69 Å². The van der Waals surface area contributed by atoms with Crippen molar-refractivity contribution in [3.8, 4) is 5.88 Å². The first-order valence-corrected chi connectivity index (χ1v) is 8.76. The second kappa shape index (κ2) is 7.17. The van der Waals surface area contributed by atoms with E-state index in [4.69, 9.17) is 0 Å². The molecule has 1 aliphatic rings. The molecule has 1 aromatic heterocycles. The molecular weight excluding hydrogens is 367 g/mol. The number of rotatable bonds is 6. The molecule has 1 fully saturated rings. The molecule has 0 aliphatic carbocycles. The van der Waals surface area contributed by atoms with Crippen LogP contribution >= 0.6 is 0 Å². The number of nitrogens with one attached hydrogen (secondary N) is 2. The minimum absolute atomic E-state index is 0.0352. The lowest BCUT2D eigenvalue weighted by Crippen LogP contribution is -2.40. The van der Waals surface area contributed by atoms with E-state index in [1.807, 2.05) is 16.7 Å². The van der Waals surface area contributed by atoms with Gasteiger partial charge >= 0.3 is 12.1 Å². The van der Waals surface area contributed by atoms with Crippen molar-refractivity contribution >= 4 is 21.9 Å². The Morgan fingerprint density at radius 3 is 2.68 bits per heavy atom. The highest BCUT2D eigenvalue weighted by atomic mass is 32.2. The van der Waals surface area contributed by atoms with Gasteiger partial charge in [-0.15, -0.1) is 5.10 Å². The Labute approximate surface area is 142 Å². The van der Waals surface area contributed by atoms with Crippen LogP contribution in [0.15, 0.2) is 6.20 Å². The SMILES string of the molecule is CN1CCC[C@@H]1CNS(=O)(=O)Nc1cn(C)nc1OC(=O)C(F)(F)F. The van der Waals surface area contributed by atoms with Crippen LogP contribution in [0.1, 0.15) is 12.8 Å². The molecule has 0 saturated carbocycles. The van der Waals surface area contributed by atoms with Gasteiger partial charge < -0.3 is 9.64 Å². The van der Waals surface area contributed by atoms with Crippen molar-refractivity contribution in [1.82, 2.24) is 19.4 Å². The Morgan fingerprint density at radius 2 is 2.12 bits per heavy atom. The third-order valence-electron chi connectivity index (χ3n) is 3.64. The summed E-state index contributed by atoms with van der Waals surface area (Å²) >= 11 is 0. The van der Waals surface area contributed by atoms with Crippen LogP contribution in [0.4, 0.5) is 18.9 Å². The van der Waals surface area contributed by atoms with Crippen LogP contribution in [0, 0.1) is 0 Å². The summed E-state index contributed by atoms with van der Waals surface area (Å²) in [5.74, 6) is -3.28. The predicted octanol–water partition coefficient (Wildman–Crippen LogP) is 0.228. The molecule has 1 aromatic rings. The molecule has 1 aliphatic heterocycles. The number of alkyl halides is 3. The molecular formula is C12H18F3N5O4S. The maximum Gasteiger partial charge on any atom is 0.491 e. The van der Waals surface area contributed by atoms with Crippen LogP contribution in [0.3, 0.4) is 0 Å². The second-order valence-electron chi connectivity index (χ2n) is 5.64. The predicted molar refractivity (Wildman–Crippen MR) is 81.1 cm³/mol. The average Bonchev–Trinajstić information content (AvgIpc) is 3.01. The highest BCUT2D eigenvalue weighted by Gasteiger charge is 2.42. The molecule has 1 saturated heterocycles. The summed E-state index contributed by atoms with van der Waals surface area (Å²) in [6, 6.07) is 0.0352. The summed E-state index contributed by atoms with van der Waals surface area (Å²) < 4.78 is 70.4. The first-order valence-electron chi connectivity index (χ1n) is 7.28. The number of esters is 1. The first kappa shape index (κ1) is 19.5. The van der Waals surface area contributed by atoms with E-state index in [1.54, 1.807) is 0 Å². The number of hydrogen-bond acceptors (Lipinski definition) is 6. The Morgan fingerprint density at radius 1 is 1.44 bits per heavy atom. The average molecular weight is 385 g/mol. The van der Waals surface area contributed by atoms with E-state index in [9.17, 15) is 26.4 Å².